The van der Waals surface area contributed by atoms with Crippen molar-refractivity contribution >= 4 is 35.8 Å². The van der Waals surface area contributed by atoms with Crippen LogP contribution in [0.3, 0.4) is 0 Å². The van der Waals surface area contributed by atoms with Gasteiger partial charge in [-0.15, -0.1) is 0 Å². The number of carbonyl (C=O) groups is 6. The maximum Gasteiger partial charge on any atom is 0.339 e. The van der Waals surface area contributed by atoms with E-state index in [-0.39, 0.29) is 50.4 Å². The minimum Gasteiger partial charge on any atom is -0.493 e. The van der Waals surface area contributed by atoms with Crippen LogP contribution in [0.2, 0.25) is 0 Å². The van der Waals surface area contributed by atoms with Crippen molar-refractivity contribution in [3.05, 3.63) is 192 Å². The lowest BCUT2D eigenvalue weighted by Gasteiger charge is -2.39. The third-order valence-electron chi connectivity index (χ3n) is 14.1. The number of esters is 4. The van der Waals surface area contributed by atoms with Crippen molar-refractivity contribution in [1.29, 1.82) is 0 Å². The monoisotopic (exact) mass is 1020 g/mol. The average Bonchev–Trinajstić information content (AvgIpc) is 3.75. The van der Waals surface area contributed by atoms with Crippen LogP contribution in [-0.4, -0.2) is 84.2 Å². The lowest BCUT2D eigenvalue weighted by molar-refractivity contribution is -0.167. The van der Waals surface area contributed by atoms with E-state index in [1.54, 1.807) is 25.1 Å². The number of carboxylic acids is 2. The van der Waals surface area contributed by atoms with E-state index in [0.29, 0.717) is 36.3 Å². The van der Waals surface area contributed by atoms with Crippen LogP contribution in [0, 0.1) is 24.7 Å². The molecule has 0 saturated carbocycles. The molecule has 0 aromatic heterocycles. The number of carbonyl (C=O) groups excluding carboxylic acids is 4. The van der Waals surface area contributed by atoms with Crippen LogP contribution in [0.1, 0.15) is 101 Å². The predicted octanol–water partition coefficient (Wildman–Crippen LogP) is 10.7. The lowest BCUT2D eigenvalue weighted by atomic mass is 9.68. The van der Waals surface area contributed by atoms with Crippen LogP contribution in [0.5, 0.6) is 11.5 Å². The number of unbranched alkanes of at least 4 members (excludes halogenated alkanes) is 1. The molecule has 0 spiro atoms. The summed E-state index contributed by atoms with van der Waals surface area (Å²) >= 11 is 0. The molecular weight excluding hydrogens is 957 g/mol. The van der Waals surface area contributed by atoms with Crippen LogP contribution in [0.4, 0.5) is 0 Å². The topological polar surface area (TPSA) is 198 Å². The first kappa shape index (κ1) is 54.5. The maximum absolute atomic E-state index is 14.0. The molecule has 5 atom stereocenters. The van der Waals surface area contributed by atoms with Crippen molar-refractivity contribution in [2.45, 2.75) is 76.4 Å². The molecule has 7 rings (SSSR count). The standard InChI is InChI=1S/C61H62O14/c1-6-10-33-60(9-4,75-59(69)50-32-23-39(5)34-51(50)57(66)67)42(36-72-54(62)7-2)35-70-43-28-24-40(25-29-43)61(52-21-15-13-17-46(52)47-18-14-16-22-53(47)61)41-26-30-44(31-27-41)71-37-45(38-73-55(63)8-3)74-58(68)49-20-12-11-19-48(49)56(64)65/h7-8,11-18,21-32,34,42,45,48-49H,2-3,6,9-10,19-20,33,35-38H2,1,4-5H3,(H,64,65)(H,66,67). The number of benzene rings is 5. The Labute approximate surface area is 436 Å². The van der Waals surface area contributed by atoms with Crippen molar-refractivity contribution in [3.63, 3.8) is 0 Å². The van der Waals surface area contributed by atoms with Gasteiger partial charge >= 0.3 is 35.8 Å². The molecule has 5 aromatic carbocycles. The summed E-state index contributed by atoms with van der Waals surface area (Å²) in [4.78, 5) is 76.2. The van der Waals surface area contributed by atoms with Crippen molar-refractivity contribution < 1.29 is 67.4 Å². The molecule has 14 nitrogen and oxygen atoms in total. The quantitative estimate of drug-likeness (QED) is 0.0238. The molecule has 0 radical (unpaired) electrons. The highest BCUT2D eigenvalue weighted by atomic mass is 16.6. The van der Waals surface area contributed by atoms with Gasteiger partial charge in [-0.3, -0.25) is 9.59 Å². The number of rotatable bonds is 25. The molecule has 390 valence electrons. The van der Waals surface area contributed by atoms with E-state index in [1.165, 1.54) is 12.1 Å². The largest absolute Gasteiger partial charge is 0.493 e. The Bertz CT molecular complexity index is 2890. The zero-order chi connectivity index (χ0) is 53.7. The van der Waals surface area contributed by atoms with Gasteiger partial charge in [-0.05, 0) is 109 Å². The van der Waals surface area contributed by atoms with E-state index in [9.17, 15) is 39.0 Å². The van der Waals surface area contributed by atoms with Gasteiger partial charge in [0, 0.05) is 12.2 Å². The summed E-state index contributed by atoms with van der Waals surface area (Å²) in [7, 11) is 0. The number of allylic oxidation sites excluding steroid dienone is 2. The van der Waals surface area contributed by atoms with Crippen molar-refractivity contribution in [3.8, 4) is 22.6 Å². The molecule has 2 aliphatic carbocycles. The van der Waals surface area contributed by atoms with Gasteiger partial charge < -0.3 is 38.6 Å². The number of ether oxygens (including phenoxy) is 6. The normalized spacial score (nSPS) is 16.6. The Morgan fingerprint density at radius 2 is 1.23 bits per heavy atom. The Hall–Kier alpha value is -8.26. The Morgan fingerprint density at radius 3 is 1.76 bits per heavy atom. The van der Waals surface area contributed by atoms with Crippen molar-refractivity contribution in [2.24, 2.45) is 17.8 Å². The van der Waals surface area contributed by atoms with E-state index < -0.39 is 70.7 Å². The molecule has 0 saturated heterocycles. The summed E-state index contributed by atoms with van der Waals surface area (Å²) in [5, 5.41) is 19.8. The number of carboxylic acid groups (broad SMARTS) is 2. The molecule has 5 unspecified atom stereocenters. The highest BCUT2D eigenvalue weighted by Crippen LogP contribution is 2.56. The lowest BCUT2D eigenvalue weighted by Crippen LogP contribution is -2.47. The highest BCUT2D eigenvalue weighted by molar-refractivity contribution is 6.02. The molecule has 0 fully saturated rings. The second kappa shape index (κ2) is 24.6. The average molecular weight is 1020 g/mol. The van der Waals surface area contributed by atoms with E-state index in [2.05, 4.69) is 37.4 Å². The minimum atomic E-state index is -1.26. The van der Waals surface area contributed by atoms with Crippen LogP contribution in [-0.2, 0) is 43.5 Å². The zero-order valence-electron chi connectivity index (χ0n) is 42.4. The van der Waals surface area contributed by atoms with Crippen LogP contribution < -0.4 is 9.47 Å². The third-order valence-corrected chi connectivity index (χ3v) is 14.1. The van der Waals surface area contributed by atoms with Gasteiger partial charge in [-0.25, -0.2) is 19.2 Å². The Morgan fingerprint density at radius 1 is 0.680 bits per heavy atom. The summed E-state index contributed by atoms with van der Waals surface area (Å²) in [5.41, 5.74) is 4.35. The molecule has 0 amide bonds. The highest BCUT2D eigenvalue weighted by Gasteiger charge is 2.47. The number of aromatic carboxylic acids is 1. The molecule has 0 bridgehead atoms. The maximum atomic E-state index is 14.0. The number of aryl methyl sites for hydroxylation is 1. The summed E-state index contributed by atoms with van der Waals surface area (Å²) < 4.78 is 35.7. The fraction of sp³-hybridized carbons (Fsp3) is 0.311. The second-order valence-corrected chi connectivity index (χ2v) is 18.7. The Balaban J connectivity index is 1.18. The smallest absolute Gasteiger partial charge is 0.339 e. The molecule has 2 aliphatic rings. The first-order valence-corrected chi connectivity index (χ1v) is 25.1. The minimum absolute atomic E-state index is 0.0376. The summed E-state index contributed by atoms with van der Waals surface area (Å²) in [5.74, 6) is -6.93. The van der Waals surface area contributed by atoms with Crippen molar-refractivity contribution in [2.75, 3.05) is 26.4 Å². The van der Waals surface area contributed by atoms with E-state index in [0.717, 1.165) is 52.0 Å². The predicted molar refractivity (Wildman–Crippen MR) is 280 cm³/mol. The first-order chi connectivity index (χ1) is 36.2. The van der Waals surface area contributed by atoms with Gasteiger partial charge in [0.15, 0.2) is 6.10 Å². The number of hydrogen-bond acceptors (Lipinski definition) is 12. The molecule has 0 aliphatic heterocycles. The molecule has 2 N–H and O–H groups in total. The molecule has 75 heavy (non-hydrogen) atoms. The van der Waals surface area contributed by atoms with E-state index in [1.807, 2.05) is 86.6 Å². The van der Waals surface area contributed by atoms with Gasteiger partial charge in [0.1, 0.15) is 36.9 Å². The van der Waals surface area contributed by atoms with Gasteiger partial charge in [0.2, 0.25) is 0 Å². The van der Waals surface area contributed by atoms with Crippen LogP contribution >= 0.6 is 0 Å². The van der Waals surface area contributed by atoms with Gasteiger partial charge in [0.25, 0.3) is 0 Å². The first-order valence-electron chi connectivity index (χ1n) is 25.1. The number of hydrogen-bond donors (Lipinski definition) is 2. The zero-order valence-corrected chi connectivity index (χ0v) is 42.4. The third kappa shape index (κ3) is 12.1. The summed E-state index contributed by atoms with van der Waals surface area (Å²) in [6.45, 7) is 11.8. The molecule has 0 heterocycles. The van der Waals surface area contributed by atoms with Crippen LogP contribution in [0.25, 0.3) is 11.1 Å². The van der Waals surface area contributed by atoms with Gasteiger partial charge in [-0.2, -0.15) is 0 Å². The van der Waals surface area contributed by atoms with Gasteiger partial charge in [-0.1, -0.05) is 130 Å². The fourth-order valence-electron chi connectivity index (χ4n) is 10.2. The van der Waals surface area contributed by atoms with E-state index in [4.69, 9.17) is 28.4 Å². The van der Waals surface area contributed by atoms with E-state index >= 15 is 0 Å². The molecular formula is C61H62O14. The Kier molecular flexibility index (Phi) is 17.9. The molecule has 5 aromatic rings. The van der Waals surface area contributed by atoms with Crippen LogP contribution in [0.15, 0.2) is 153 Å². The van der Waals surface area contributed by atoms with Gasteiger partial charge in [0.05, 0.1) is 40.9 Å². The summed E-state index contributed by atoms with van der Waals surface area (Å²) in [6, 6.07) is 36.2. The molecule has 14 heteroatoms. The van der Waals surface area contributed by atoms with Crippen molar-refractivity contribution in [1.82, 2.24) is 0 Å². The number of fused-ring (bicyclic) bond motifs is 3. The number of aliphatic carboxylic acids is 1. The fourth-order valence-corrected chi connectivity index (χ4v) is 10.2. The summed E-state index contributed by atoms with van der Waals surface area (Å²) in [6.07, 6.45) is 6.96. The second-order valence-electron chi connectivity index (χ2n) is 18.7. The SMILES string of the molecule is C=CC(=O)OCC(COc1ccc(C2(c3ccc(OCC(COC(=O)C=C)C(CC)(CCCC)OC(=O)c4ccc(C)cc4C(=O)O)cc3)c3ccccc3-c3ccccc32)cc1)OC(=O)C1CC=CCC1C(=O)O.